The van der Waals surface area contributed by atoms with E-state index in [0.717, 1.165) is 0 Å². The standard InChI is InChI=1S/C4H3O.Na.Zn.H/c1-2-4-5-3-1;;;/h1-3H;;;/q-1;+1;;-1. The molecule has 0 saturated heterocycles. The van der Waals surface area contributed by atoms with Crippen molar-refractivity contribution in [2.24, 2.45) is 0 Å². The molecule has 0 unspecified atom stereocenters. The van der Waals surface area contributed by atoms with E-state index in [9.17, 15) is 0 Å². The molecule has 0 aliphatic rings. The Morgan fingerprint density at radius 3 is 2.43 bits per heavy atom. The van der Waals surface area contributed by atoms with Gasteiger partial charge >= 0.3 is 29.6 Å². The van der Waals surface area contributed by atoms with Gasteiger partial charge in [-0.2, -0.15) is 6.07 Å². The van der Waals surface area contributed by atoms with Crippen LogP contribution in [0.1, 0.15) is 1.43 Å². The molecule has 0 bridgehead atoms. The number of furan rings is 1. The molecule has 7 heavy (non-hydrogen) atoms. The zero-order valence-corrected chi connectivity index (χ0v) is 9.31. The van der Waals surface area contributed by atoms with Crippen molar-refractivity contribution in [1.82, 2.24) is 0 Å². The molecular weight excluding hydrogens is 152 g/mol. The molecule has 1 heterocycles. The molecule has 0 aliphatic carbocycles. The van der Waals surface area contributed by atoms with Crippen LogP contribution in [0.25, 0.3) is 0 Å². The summed E-state index contributed by atoms with van der Waals surface area (Å²) < 4.78 is 4.46. The summed E-state index contributed by atoms with van der Waals surface area (Å²) in [5.41, 5.74) is 0. The molecule has 1 rings (SSSR count). The summed E-state index contributed by atoms with van der Waals surface area (Å²) >= 11 is 0. The van der Waals surface area contributed by atoms with E-state index in [4.69, 9.17) is 0 Å². The van der Waals surface area contributed by atoms with Gasteiger partial charge in [-0.05, 0) is 6.26 Å². The van der Waals surface area contributed by atoms with Gasteiger partial charge in [-0.1, -0.05) is 6.26 Å². The minimum Gasteiger partial charge on any atom is -1.00 e. The van der Waals surface area contributed by atoms with Gasteiger partial charge in [0.25, 0.3) is 0 Å². The topological polar surface area (TPSA) is 13.1 Å². The van der Waals surface area contributed by atoms with Gasteiger partial charge in [-0.3, -0.25) is 0 Å². The normalized spacial score (nSPS) is 5.71. The second-order valence-electron chi connectivity index (χ2n) is 0.731. The summed E-state index contributed by atoms with van der Waals surface area (Å²) in [5.74, 6) is 0. The molecule has 0 radical (unpaired) electrons. The first-order chi connectivity index (χ1) is 2.50. The summed E-state index contributed by atoms with van der Waals surface area (Å²) in [5, 5.41) is 0. The van der Waals surface area contributed by atoms with Crippen molar-refractivity contribution in [3.63, 3.8) is 0 Å². The van der Waals surface area contributed by atoms with E-state index in [0.29, 0.717) is 0 Å². The molecular formula is C4H4NaOZn-. The Morgan fingerprint density at radius 2 is 2.29 bits per heavy atom. The Balaban J connectivity index is -0.0000000833. The molecule has 0 amide bonds. The first kappa shape index (κ1) is 10.8. The third-order valence-corrected chi connectivity index (χ3v) is 0.379. The maximum Gasteiger partial charge on any atom is 1.00 e. The molecule has 0 fully saturated rings. The Kier molecular flexibility index (Phi) is 10.7. The number of hydrogen-bond donors (Lipinski definition) is 0. The Labute approximate surface area is 79.0 Å². The summed E-state index contributed by atoms with van der Waals surface area (Å²) in [6.45, 7) is 0. The van der Waals surface area contributed by atoms with Crippen molar-refractivity contribution in [1.29, 1.82) is 0 Å². The van der Waals surface area contributed by atoms with Crippen LogP contribution in [-0.2, 0) is 19.5 Å². The van der Waals surface area contributed by atoms with Crippen LogP contribution >= 0.6 is 0 Å². The molecule has 0 N–H and O–H groups in total. The molecule has 1 nitrogen and oxygen atoms in total. The molecule has 0 aliphatic heterocycles. The van der Waals surface area contributed by atoms with Crippen molar-refractivity contribution in [2.75, 3.05) is 0 Å². The van der Waals surface area contributed by atoms with Crippen LogP contribution in [-0.4, -0.2) is 0 Å². The smallest absolute Gasteiger partial charge is 1.00 e. The van der Waals surface area contributed by atoms with Crippen LogP contribution in [0.3, 0.4) is 0 Å². The Hall–Kier alpha value is 0.903. The molecule has 0 spiro atoms. The summed E-state index contributed by atoms with van der Waals surface area (Å²) in [6.07, 6.45) is 4.06. The van der Waals surface area contributed by atoms with E-state index < -0.39 is 0 Å². The number of rotatable bonds is 0. The summed E-state index contributed by atoms with van der Waals surface area (Å²) in [6, 6.07) is 3.49. The minimum absolute atomic E-state index is 0. The van der Waals surface area contributed by atoms with Gasteiger partial charge in [0, 0.05) is 19.5 Å². The quantitative estimate of drug-likeness (QED) is 0.319. The van der Waals surface area contributed by atoms with E-state index in [1.165, 1.54) is 0 Å². The molecule has 1 aromatic heterocycles. The third kappa shape index (κ3) is 4.76. The predicted octanol–water partition coefficient (Wildman–Crippen LogP) is -1.81. The van der Waals surface area contributed by atoms with E-state index in [1.54, 1.807) is 18.4 Å². The van der Waals surface area contributed by atoms with Crippen molar-refractivity contribution in [3.8, 4) is 0 Å². The first-order valence-corrected chi connectivity index (χ1v) is 1.40. The largest absolute Gasteiger partial charge is 1.00 e. The first-order valence-electron chi connectivity index (χ1n) is 1.40. The van der Waals surface area contributed by atoms with Crippen LogP contribution < -0.4 is 29.6 Å². The van der Waals surface area contributed by atoms with Gasteiger partial charge in [-0.25, -0.2) is 0 Å². The molecule has 0 saturated carbocycles. The van der Waals surface area contributed by atoms with Crippen molar-refractivity contribution < 1.29 is 54.9 Å². The van der Waals surface area contributed by atoms with Crippen molar-refractivity contribution in [3.05, 3.63) is 24.7 Å². The number of hydrogen-bond acceptors (Lipinski definition) is 1. The van der Waals surface area contributed by atoms with E-state index >= 15 is 0 Å². The van der Waals surface area contributed by atoms with Gasteiger partial charge in [0.2, 0.25) is 0 Å². The fourth-order valence-corrected chi connectivity index (χ4v) is 0.196. The fraction of sp³-hybridized carbons (Fsp3) is 0. The van der Waals surface area contributed by atoms with Crippen LogP contribution in [0.2, 0.25) is 0 Å². The maximum absolute atomic E-state index is 4.46. The van der Waals surface area contributed by atoms with Crippen LogP contribution in [0, 0.1) is 6.26 Å². The molecule has 3 heteroatoms. The molecule has 0 atom stereocenters. The fourth-order valence-electron chi connectivity index (χ4n) is 0.196. The second-order valence-corrected chi connectivity index (χ2v) is 0.731. The van der Waals surface area contributed by atoms with E-state index in [2.05, 4.69) is 10.7 Å². The van der Waals surface area contributed by atoms with E-state index in [1.807, 2.05) is 0 Å². The van der Waals surface area contributed by atoms with Gasteiger partial charge in [0.15, 0.2) is 0 Å². The Morgan fingerprint density at radius 1 is 1.57 bits per heavy atom. The summed E-state index contributed by atoms with van der Waals surface area (Å²) in [4.78, 5) is 0. The van der Waals surface area contributed by atoms with Gasteiger partial charge in [-0.15, -0.1) is 6.07 Å². The monoisotopic (exact) mass is 155 g/mol. The second kappa shape index (κ2) is 6.90. The Bertz CT molecular complexity index is 72.5. The summed E-state index contributed by atoms with van der Waals surface area (Å²) in [7, 11) is 0. The minimum atomic E-state index is 0. The van der Waals surface area contributed by atoms with Gasteiger partial charge in [0.05, 0.1) is 0 Å². The van der Waals surface area contributed by atoms with Crippen LogP contribution in [0.5, 0.6) is 0 Å². The average molecular weight is 156 g/mol. The zero-order chi connectivity index (χ0) is 3.54. The molecule has 0 aromatic carbocycles. The van der Waals surface area contributed by atoms with Gasteiger partial charge in [0.1, 0.15) is 0 Å². The van der Waals surface area contributed by atoms with E-state index in [-0.39, 0.29) is 50.5 Å². The predicted molar refractivity (Wildman–Crippen MR) is 18.7 cm³/mol. The van der Waals surface area contributed by atoms with Crippen molar-refractivity contribution >= 4 is 0 Å². The SMILES string of the molecule is [H-].[Na+].[Zn].[c-]1ccco1. The van der Waals surface area contributed by atoms with Crippen LogP contribution in [0.15, 0.2) is 22.8 Å². The maximum atomic E-state index is 4.46. The average Bonchev–Trinajstić information content (AvgIpc) is 1.76. The third-order valence-electron chi connectivity index (χ3n) is 0.379. The molecule has 1 aromatic rings. The molecule has 30 valence electrons. The van der Waals surface area contributed by atoms with Gasteiger partial charge < -0.3 is 5.84 Å². The van der Waals surface area contributed by atoms with Crippen molar-refractivity contribution in [2.45, 2.75) is 0 Å². The zero-order valence-electron chi connectivity index (χ0n) is 5.35. The van der Waals surface area contributed by atoms with Crippen LogP contribution in [0.4, 0.5) is 0 Å².